The van der Waals surface area contributed by atoms with Gasteiger partial charge in [-0.2, -0.15) is 10.2 Å². The normalized spacial score (nSPS) is 22.3. The molecule has 1 atom stereocenters. The molecule has 146 valence electrons. The van der Waals surface area contributed by atoms with Crippen molar-refractivity contribution in [3.05, 3.63) is 23.4 Å². The Balaban J connectivity index is 1.56. The zero-order valence-electron chi connectivity index (χ0n) is 15.6. The SMILES string of the molecule is COc1cc2nncc(N3CCC4(CC3)CCN([S@](C)(=N)=O)C4)c2cc1Cl. The molecular weight excluding hydrogens is 386 g/mol. The second-order valence-electron chi connectivity index (χ2n) is 7.64. The van der Waals surface area contributed by atoms with Crippen LogP contribution in [0.15, 0.2) is 18.3 Å². The summed E-state index contributed by atoms with van der Waals surface area (Å²) >= 11 is 6.33. The average molecular weight is 410 g/mol. The number of halogens is 1. The molecule has 9 heteroatoms. The lowest BCUT2D eigenvalue weighted by molar-refractivity contribution is 0.236. The predicted octanol–water partition coefficient (Wildman–Crippen LogP) is 3.18. The van der Waals surface area contributed by atoms with Crippen LogP contribution in [-0.2, 0) is 9.92 Å². The van der Waals surface area contributed by atoms with E-state index >= 15 is 0 Å². The molecule has 4 rings (SSSR count). The Hall–Kier alpha value is -1.64. The topological polar surface area (TPSA) is 82.4 Å². The van der Waals surface area contributed by atoms with Crippen molar-refractivity contribution in [2.75, 3.05) is 44.4 Å². The quantitative estimate of drug-likeness (QED) is 0.841. The number of nitrogens with zero attached hydrogens (tertiary/aromatic N) is 4. The first kappa shape index (κ1) is 18.7. The minimum absolute atomic E-state index is 0.174. The third-order valence-electron chi connectivity index (χ3n) is 5.95. The van der Waals surface area contributed by atoms with E-state index in [1.807, 2.05) is 16.4 Å². The average Bonchev–Trinajstić information content (AvgIpc) is 3.06. The van der Waals surface area contributed by atoms with E-state index in [0.29, 0.717) is 10.8 Å². The molecule has 3 heterocycles. The van der Waals surface area contributed by atoms with E-state index in [4.69, 9.17) is 21.1 Å². The molecule has 27 heavy (non-hydrogen) atoms. The maximum atomic E-state index is 12.1. The number of hydrogen-bond acceptors (Lipinski definition) is 6. The Morgan fingerprint density at radius 1 is 1.26 bits per heavy atom. The fraction of sp³-hybridized carbons (Fsp3) is 0.556. The molecule has 0 radical (unpaired) electrons. The standard InChI is InChI=1S/C18H24ClN5O2S/c1-26-17-10-15-13(9-14(17)19)16(11-21-22-15)23-6-3-18(4-7-23)5-8-24(12-18)27(2,20)25/h9-11,20H,3-8,12H2,1-2H3/t27-/m0/s1. The molecular formula is C18H24ClN5O2S. The minimum Gasteiger partial charge on any atom is -0.495 e. The number of anilines is 1. The largest absolute Gasteiger partial charge is 0.495 e. The molecule has 1 aromatic heterocycles. The van der Waals surface area contributed by atoms with E-state index in [9.17, 15) is 4.21 Å². The van der Waals surface area contributed by atoms with Gasteiger partial charge in [0.05, 0.1) is 29.5 Å². The summed E-state index contributed by atoms with van der Waals surface area (Å²) in [5.74, 6) is 0.595. The highest BCUT2D eigenvalue weighted by Crippen LogP contribution is 2.43. The van der Waals surface area contributed by atoms with Crippen LogP contribution in [-0.4, -0.2) is 58.3 Å². The van der Waals surface area contributed by atoms with Crippen LogP contribution >= 0.6 is 11.6 Å². The molecule has 0 saturated carbocycles. The van der Waals surface area contributed by atoms with Crippen LogP contribution < -0.4 is 9.64 Å². The van der Waals surface area contributed by atoms with Crippen molar-refractivity contribution in [2.24, 2.45) is 5.41 Å². The molecule has 2 fully saturated rings. The number of ether oxygens (including phenoxy) is 1. The number of aromatic nitrogens is 2. The van der Waals surface area contributed by atoms with Gasteiger partial charge in [-0.1, -0.05) is 11.6 Å². The van der Waals surface area contributed by atoms with E-state index in [-0.39, 0.29) is 5.41 Å². The first-order valence-electron chi connectivity index (χ1n) is 9.04. The van der Waals surface area contributed by atoms with Gasteiger partial charge in [0.25, 0.3) is 0 Å². The van der Waals surface area contributed by atoms with Crippen LogP contribution in [0.4, 0.5) is 5.69 Å². The van der Waals surface area contributed by atoms with Gasteiger partial charge in [0.15, 0.2) is 0 Å². The van der Waals surface area contributed by atoms with E-state index in [1.54, 1.807) is 13.3 Å². The van der Waals surface area contributed by atoms with Crippen molar-refractivity contribution < 1.29 is 8.95 Å². The summed E-state index contributed by atoms with van der Waals surface area (Å²) in [5, 5.41) is 9.92. The van der Waals surface area contributed by atoms with Gasteiger partial charge in [0, 0.05) is 43.9 Å². The number of fused-ring (bicyclic) bond motifs is 1. The summed E-state index contributed by atoms with van der Waals surface area (Å²) in [6.45, 7) is 3.33. The molecule has 2 saturated heterocycles. The first-order valence-corrected chi connectivity index (χ1v) is 11.3. The Kier molecular flexibility index (Phi) is 4.68. The zero-order chi connectivity index (χ0) is 19.2. The van der Waals surface area contributed by atoms with Gasteiger partial charge in [-0.15, -0.1) is 0 Å². The summed E-state index contributed by atoms with van der Waals surface area (Å²) in [5.41, 5.74) is 1.97. The van der Waals surface area contributed by atoms with Gasteiger partial charge in [-0.25, -0.2) is 13.3 Å². The molecule has 1 spiro atoms. The van der Waals surface area contributed by atoms with E-state index in [2.05, 4.69) is 15.1 Å². The molecule has 0 aliphatic carbocycles. The molecule has 0 bridgehead atoms. The van der Waals surface area contributed by atoms with Crippen molar-refractivity contribution in [3.8, 4) is 5.75 Å². The second-order valence-corrected chi connectivity index (χ2v) is 10.2. The van der Waals surface area contributed by atoms with Crippen LogP contribution in [0.5, 0.6) is 5.75 Å². The molecule has 1 N–H and O–H groups in total. The van der Waals surface area contributed by atoms with Crippen molar-refractivity contribution in [1.29, 1.82) is 4.78 Å². The molecule has 0 unspecified atom stereocenters. The second kappa shape index (κ2) is 6.76. The van der Waals surface area contributed by atoms with E-state index in [0.717, 1.165) is 62.0 Å². The van der Waals surface area contributed by atoms with Crippen molar-refractivity contribution in [3.63, 3.8) is 0 Å². The van der Waals surface area contributed by atoms with E-state index < -0.39 is 9.92 Å². The maximum absolute atomic E-state index is 12.1. The first-order chi connectivity index (χ1) is 12.8. The number of methoxy groups -OCH3 is 1. The Bertz CT molecular complexity index is 973. The van der Waals surface area contributed by atoms with Gasteiger partial charge in [-0.05, 0) is 30.7 Å². The van der Waals surface area contributed by atoms with Crippen LogP contribution in [0.2, 0.25) is 5.02 Å². The van der Waals surface area contributed by atoms with Gasteiger partial charge >= 0.3 is 0 Å². The number of rotatable bonds is 3. The maximum Gasteiger partial charge on any atom is 0.139 e. The summed E-state index contributed by atoms with van der Waals surface area (Å²) in [4.78, 5) is 2.33. The zero-order valence-corrected chi connectivity index (χ0v) is 17.1. The lowest BCUT2D eigenvalue weighted by Crippen LogP contribution is -2.42. The van der Waals surface area contributed by atoms with Gasteiger partial charge < -0.3 is 9.64 Å². The number of nitrogens with one attached hydrogen (secondary N) is 1. The van der Waals surface area contributed by atoms with Crippen molar-refractivity contribution >= 4 is 38.1 Å². The monoisotopic (exact) mass is 409 g/mol. The molecule has 2 aliphatic rings. The summed E-state index contributed by atoms with van der Waals surface area (Å²) < 4.78 is 27.1. The Morgan fingerprint density at radius 2 is 1.96 bits per heavy atom. The van der Waals surface area contributed by atoms with Crippen LogP contribution in [0.1, 0.15) is 19.3 Å². The third-order valence-corrected chi connectivity index (χ3v) is 7.54. The Labute approximate surface area is 164 Å². The van der Waals surface area contributed by atoms with Crippen LogP contribution in [0.25, 0.3) is 10.9 Å². The summed E-state index contributed by atoms with van der Waals surface area (Å²) in [6.07, 6.45) is 6.38. The third kappa shape index (κ3) is 3.46. The van der Waals surface area contributed by atoms with Gasteiger partial charge in [0.2, 0.25) is 0 Å². The number of hydrogen-bond donors (Lipinski definition) is 1. The lowest BCUT2D eigenvalue weighted by atomic mass is 9.77. The summed E-state index contributed by atoms with van der Waals surface area (Å²) in [7, 11) is -1.02. The molecule has 7 nitrogen and oxygen atoms in total. The molecule has 1 aromatic carbocycles. The number of piperidine rings is 1. The van der Waals surface area contributed by atoms with Crippen molar-refractivity contribution in [2.45, 2.75) is 19.3 Å². The lowest BCUT2D eigenvalue weighted by Gasteiger charge is -2.40. The highest BCUT2D eigenvalue weighted by molar-refractivity contribution is 7.89. The molecule has 0 amide bonds. The fourth-order valence-corrected chi connectivity index (χ4v) is 5.48. The van der Waals surface area contributed by atoms with Crippen LogP contribution in [0.3, 0.4) is 0 Å². The van der Waals surface area contributed by atoms with Crippen LogP contribution in [0, 0.1) is 10.2 Å². The molecule has 2 aliphatic heterocycles. The molecule has 2 aromatic rings. The van der Waals surface area contributed by atoms with Crippen molar-refractivity contribution in [1.82, 2.24) is 14.5 Å². The highest BCUT2D eigenvalue weighted by atomic mass is 35.5. The predicted molar refractivity (Wildman–Crippen MR) is 108 cm³/mol. The highest BCUT2D eigenvalue weighted by Gasteiger charge is 2.42. The van der Waals surface area contributed by atoms with Gasteiger partial charge in [0.1, 0.15) is 15.7 Å². The van der Waals surface area contributed by atoms with E-state index in [1.165, 1.54) is 6.26 Å². The smallest absolute Gasteiger partial charge is 0.139 e. The Morgan fingerprint density at radius 3 is 2.59 bits per heavy atom. The number of benzene rings is 1. The van der Waals surface area contributed by atoms with Gasteiger partial charge in [-0.3, -0.25) is 0 Å². The minimum atomic E-state index is -2.61. The fourth-order valence-electron chi connectivity index (χ4n) is 4.28. The summed E-state index contributed by atoms with van der Waals surface area (Å²) in [6, 6.07) is 3.72.